The van der Waals surface area contributed by atoms with E-state index in [-0.39, 0.29) is 0 Å². The van der Waals surface area contributed by atoms with Crippen LogP contribution in [-0.2, 0) is 4.79 Å². The maximum Gasteiger partial charge on any atom is 0.323 e. The average Bonchev–Trinajstić information content (AvgIpc) is 2.05. The van der Waals surface area contributed by atoms with Crippen LogP contribution in [0.2, 0.25) is 0 Å². The van der Waals surface area contributed by atoms with Crippen molar-refractivity contribution in [3.05, 3.63) is 0 Å². The average molecular weight is 183 g/mol. The molecule has 0 aliphatic heterocycles. The molecule has 0 aliphatic rings. The van der Waals surface area contributed by atoms with E-state index in [0.29, 0.717) is 13.1 Å². The van der Waals surface area contributed by atoms with Gasteiger partial charge in [-0.25, -0.2) is 0 Å². The molecule has 0 atom stereocenters. The van der Waals surface area contributed by atoms with Crippen LogP contribution in [0.5, 0.6) is 0 Å². The largest absolute Gasteiger partial charge is 0.480 e. The molecule has 1 N–H and O–H groups in total. The van der Waals surface area contributed by atoms with Crippen molar-refractivity contribution in [2.24, 2.45) is 0 Å². The van der Waals surface area contributed by atoms with Crippen LogP contribution in [0.15, 0.2) is 0 Å². The standard InChI is InChI=1S/C10H17NO2/c1-5-7-8-11(6-2)10(3,4)9(12)13/h6,8H2,1-4H3,(H,12,13). The Balaban J connectivity index is 4.52. The molecule has 0 saturated carbocycles. The van der Waals surface area contributed by atoms with E-state index in [0.717, 1.165) is 0 Å². The molecule has 13 heavy (non-hydrogen) atoms. The fourth-order valence-electron chi connectivity index (χ4n) is 1.01. The normalized spacial score (nSPS) is 10.8. The van der Waals surface area contributed by atoms with Crippen LogP contribution in [0, 0.1) is 11.8 Å². The number of likely N-dealkylation sites (N-methyl/N-ethyl adjacent to an activating group) is 1. The van der Waals surface area contributed by atoms with Crippen LogP contribution < -0.4 is 0 Å². The van der Waals surface area contributed by atoms with Crippen molar-refractivity contribution in [1.29, 1.82) is 0 Å². The van der Waals surface area contributed by atoms with Crippen molar-refractivity contribution in [2.75, 3.05) is 13.1 Å². The predicted octanol–water partition coefficient (Wildman–Crippen LogP) is 1.19. The smallest absolute Gasteiger partial charge is 0.323 e. The lowest BCUT2D eigenvalue weighted by molar-refractivity contribution is -0.148. The Kier molecular flexibility index (Phi) is 4.50. The number of hydrogen-bond acceptors (Lipinski definition) is 2. The second-order valence-electron chi connectivity index (χ2n) is 3.31. The third kappa shape index (κ3) is 3.08. The summed E-state index contributed by atoms with van der Waals surface area (Å²) < 4.78 is 0. The van der Waals surface area contributed by atoms with Gasteiger partial charge in [-0.05, 0) is 27.3 Å². The second-order valence-corrected chi connectivity index (χ2v) is 3.31. The first-order chi connectivity index (χ1) is 5.96. The lowest BCUT2D eigenvalue weighted by Crippen LogP contribution is -2.50. The summed E-state index contributed by atoms with van der Waals surface area (Å²) in [5, 5.41) is 8.95. The Bertz CT molecular complexity index is 235. The van der Waals surface area contributed by atoms with Gasteiger partial charge in [-0.1, -0.05) is 12.8 Å². The van der Waals surface area contributed by atoms with E-state index >= 15 is 0 Å². The molecule has 0 bridgehead atoms. The fourth-order valence-corrected chi connectivity index (χ4v) is 1.01. The minimum atomic E-state index is -0.835. The molecule has 74 valence electrons. The highest BCUT2D eigenvalue weighted by Gasteiger charge is 2.32. The van der Waals surface area contributed by atoms with E-state index in [1.54, 1.807) is 20.8 Å². The SMILES string of the molecule is CC#CCN(CC)C(C)(C)C(=O)O. The summed E-state index contributed by atoms with van der Waals surface area (Å²) in [5.41, 5.74) is -0.835. The Morgan fingerprint density at radius 2 is 2.08 bits per heavy atom. The van der Waals surface area contributed by atoms with Crippen molar-refractivity contribution < 1.29 is 9.90 Å². The van der Waals surface area contributed by atoms with Crippen LogP contribution >= 0.6 is 0 Å². The first kappa shape index (κ1) is 12.0. The zero-order chi connectivity index (χ0) is 10.5. The summed E-state index contributed by atoms with van der Waals surface area (Å²) in [6, 6.07) is 0. The van der Waals surface area contributed by atoms with Crippen LogP contribution in [0.1, 0.15) is 27.7 Å². The van der Waals surface area contributed by atoms with Crippen LogP contribution in [-0.4, -0.2) is 34.6 Å². The number of hydrogen-bond donors (Lipinski definition) is 1. The van der Waals surface area contributed by atoms with Crippen LogP contribution in [0.3, 0.4) is 0 Å². The molecule has 0 amide bonds. The van der Waals surface area contributed by atoms with Crippen molar-refractivity contribution in [3.63, 3.8) is 0 Å². The quantitative estimate of drug-likeness (QED) is 0.666. The highest BCUT2D eigenvalue weighted by molar-refractivity contribution is 5.77. The maximum absolute atomic E-state index is 10.9. The molecule has 0 heterocycles. The second kappa shape index (κ2) is 4.88. The van der Waals surface area contributed by atoms with Gasteiger partial charge in [0, 0.05) is 0 Å². The fraction of sp³-hybridized carbons (Fsp3) is 0.700. The Labute approximate surface area is 79.7 Å². The van der Waals surface area contributed by atoms with Crippen molar-refractivity contribution >= 4 is 5.97 Å². The lowest BCUT2D eigenvalue weighted by Gasteiger charge is -2.32. The molecule has 0 spiro atoms. The molecule has 0 unspecified atom stereocenters. The minimum absolute atomic E-state index is 0.506. The summed E-state index contributed by atoms with van der Waals surface area (Å²) in [4.78, 5) is 12.7. The van der Waals surface area contributed by atoms with Gasteiger partial charge in [-0.3, -0.25) is 9.69 Å². The zero-order valence-electron chi connectivity index (χ0n) is 8.72. The maximum atomic E-state index is 10.9. The van der Waals surface area contributed by atoms with Crippen molar-refractivity contribution in [3.8, 4) is 11.8 Å². The van der Waals surface area contributed by atoms with Gasteiger partial charge in [0.1, 0.15) is 5.54 Å². The first-order valence-electron chi connectivity index (χ1n) is 4.34. The van der Waals surface area contributed by atoms with Crippen molar-refractivity contribution in [1.82, 2.24) is 4.90 Å². The van der Waals surface area contributed by atoms with Gasteiger partial charge in [0.2, 0.25) is 0 Å². The third-order valence-electron chi connectivity index (χ3n) is 2.14. The van der Waals surface area contributed by atoms with Crippen LogP contribution in [0.25, 0.3) is 0 Å². The van der Waals surface area contributed by atoms with E-state index < -0.39 is 11.5 Å². The highest BCUT2D eigenvalue weighted by Crippen LogP contribution is 2.13. The van der Waals surface area contributed by atoms with E-state index in [9.17, 15) is 4.79 Å². The molecule has 0 aromatic rings. The van der Waals surface area contributed by atoms with Gasteiger partial charge in [0.05, 0.1) is 6.54 Å². The monoisotopic (exact) mass is 183 g/mol. The summed E-state index contributed by atoms with van der Waals surface area (Å²) >= 11 is 0. The number of carboxylic acids is 1. The summed E-state index contributed by atoms with van der Waals surface area (Å²) in [6.07, 6.45) is 0. The molecule has 0 fully saturated rings. The molecule has 0 aliphatic carbocycles. The first-order valence-corrected chi connectivity index (χ1v) is 4.34. The van der Waals surface area contributed by atoms with E-state index in [4.69, 9.17) is 5.11 Å². The molecule has 0 aromatic carbocycles. The topological polar surface area (TPSA) is 40.5 Å². The molecule has 0 radical (unpaired) electrons. The third-order valence-corrected chi connectivity index (χ3v) is 2.14. The number of aliphatic carboxylic acids is 1. The van der Waals surface area contributed by atoms with Gasteiger partial charge in [0.15, 0.2) is 0 Å². The summed E-state index contributed by atoms with van der Waals surface area (Å²) in [7, 11) is 0. The number of carboxylic acid groups (broad SMARTS) is 1. The Morgan fingerprint density at radius 3 is 2.38 bits per heavy atom. The van der Waals surface area contributed by atoms with Crippen LogP contribution in [0.4, 0.5) is 0 Å². The zero-order valence-corrected chi connectivity index (χ0v) is 8.72. The number of rotatable bonds is 4. The summed E-state index contributed by atoms with van der Waals surface area (Å²) in [5.74, 6) is 4.82. The van der Waals surface area contributed by atoms with E-state index in [1.165, 1.54) is 0 Å². The molecular formula is C10H17NO2. The molecule has 0 saturated heterocycles. The van der Waals surface area contributed by atoms with Gasteiger partial charge in [0.25, 0.3) is 0 Å². The number of carbonyl (C=O) groups is 1. The Morgan fingerprint density at radius 1 is 1.54 bits per heavy atom. The van der Waals surface area contributed by atoms with Gasteiger partial charge >= 0.3 is 5.97 Å². The molecule has 3 heteroatoms. The molecule has 3 nitrogen and oxygen atoms in total. The molecule has 0 rings (SSSR count). The van der Waals surface area contributed by atoms with Gasteiger partial charge in [-0.15, -0.1) is 5.92 Å². The molecular weight excluding hydrogens is 166 g/mol. The highest BCUT2D eigenvalue weighted by atomic mass is 16.4. The van der Waals surface area contributed by atoms with E-state index in [1.807, 2.05) is 11.8 Å². The Hall–Kier alpha value is -1.01. The molecule has 0 aromatic heterocycles. The summed E-state index contributed by atoms with van der Waals surface area (Å²) in [6.45, 7) is 8.26. The van der Waals surface area contributed by atoms with Gasteiger partial charge in [-0.2, -0.15) is 0 Å². The van der Waals surface area contributed by atoms with E-state index in [2.05, 4.69) is 11.8 Å². The lowest BCUT2D eigenvalue weighted by atomic mass is 10.0. The van der Waals surface area contributed by atoms with Crippen molar-refractivity contribution in [2.45, 2.75) is 33.2 Å². The minimum Gasteiger partial charge on any atom is -0.480 e. The number of nitrogens with zero attached hydrogens (tertiary/aromatic N) is 1. The predicted molar refractivity (Wildman–Crippen MR) is 52.4 cm³/mol. The van der Waals surface area contributed by atoms with Gasteiger partial charge < -0.3 is 5.11 Å².